The van der Waals surface area contributed by atoms with Crippen molar-refractivity contribution in [2.24, 2.45) is 16.6 Å². The minimum Gasteiger partial charge on any atom is -0.480 e. The molecule has 0 saturated heterocycles. The molecule has 9 heteroatoms. The average molecular weight is 490 g/mol. The Hall–Kier alpha value is -4.27. The normalized spacial score (nSPS) is 19.8. The van der Waals surface area contributed by atoms with E-state index in [1.807, 2.05) is 27.7 Å². The lowest BCUT2D eigenvalue weighted by Crippen LogP contribution is -2.54. The van der Waals surface area contributed by atoms with E-state index in [1.165, 1.54) is 24.4 Å². The van der Waals surface area contributed by atoms with Gasteiger partial charge in [-0.05, 0) is 36.1 Å². The van der Waals surface area contributed by atoms with E-state index in [2.05, 4.69) is 15.6 Å². The van der Waals surface area contributed by atoms with Gasteiger partial charge in [0.25, 0.3) is 5.91 Å². The monoisotopic (exact) mass is 489 g/mol. The Morgan fingerprint density at radius 3 is 2.42 bits per heavy atom. The number of pyridine rings is 1. The number of nitrogens with one attached hydrogen (secondary N) is 3. The van der Waals surface area contributed by atoms with Crippen molar-refractivity contribution in [1.29, 1.82) is 5.41 Å². The molecule has 3 rings (SSSR count). The van der Waals surface area contributed by atoms with Crippen LogP contribution in [0.4, 0.5) is 5.69 Å². The number of allylic oxidation sites excluding steroid dienone is 3. The molecule has 0 saturated carbocycles. The SMILES string of the molecule is CC(NC(=O)C1(C(=O)O)C=CC=CC1c1ccccc1C(=O)Nc1ccc(C(=N)N)nc1)C(C)(C)C. The van der Waals surface area contributed by atoms with Crippen LogP contribution < -0.4 is 16.4 Å². The summed E-state index contributed by atoms with van der Waals surface area (Å²) in [4.78, 5) is 43.6. The van der Waals surface area contributed by atoms with Crippen LogP contribution in [0.2, 0.25) is 0 Å². The molecule has 0 aliphatic heterocycles. The summed E-state index contributed by atoms with van der Waals surface area (Å²) in [5.74, 6) is -3.59. The summed E-state index contributed by atoms with van der Waals surface area (Å²) in [6.07, 6.45) is 7.60. The largest absolute Gasteiger partial charge is 0.480 e. The van der Waals surface area contributed by atoms with Gasteiger partial charge in [-0.3, -0.25) is 24.8 Å². The predicted octanol–water partition coefficient (Wildman–Crippen LogP) is 3.45. The van der Waals surface area contributed by atoms with Gasteiger partial charge in [-0.15, -0.1) is 0 Å². The van der Waals surface area contributed by atoms with Crippen LogP contribution in [0.1, 0.15) is 55.2 Å². The number of hydrogen-bond donors (Lipinski definition) is 5. The van der Waals surface area contributed by atoms with Crippen molar-refractivity contribution in [3.63, 3.8) is 0 Å². The van der Waals surface area contributed by atoms with Gasteiger partial charge in [0, 0.05) is 17.5 Å². The van der Waals surface area contributed by atoms with Gasteiger partial charge in [0.05, 0.1) is 11.9 Å². The molecule has 3 atom stereocenters. The van der Waals surface area contributed by atoms with E-state index in [-0.39, 0.29) is 28.5 Å². The zero-order chi connectivity index (χ0) is 26.7. The molecule has 0 spiro atoms. The lowest BCUT2D eigenvalue weighted by Gasteiger charge is -2.37. The fraction of sp³-hybridized carbons (Fsp3) is 0.296. The van der Waals surface area contributed by atoms with E-state index in [9.17, 15) is 19.5 Å². The van der Waals surface area contributed by atoms with E-state index in [1.54, 1.807) is 42.5 Å². The summed E-state index contributed by atoms with van der Waals surface area (Å²) in [7, 11) is 0. The average Bonchev–Trinajstić information content (AvgIpc) is 2.83. The topological polar surface area (TPSA) is 158 Å². The zero-order valence-corrected chi connectivity index (χ0v) is 20.7. The summed E-state index contributed by atoms with van der Waals surface area (Å²) in [5.41, 5.74) is 4.45. The Morgan fingerprint density at radius 1 is 1.14 bits per heavy atom. The molecule has 0 radical (unpaired) electrons. The number of benzene rings is 1. The van der Waals surface area contributed by atoms with E-state index in [4.69, 9.17) is 11.1 Å². The van der Waals surface area contributed by atoms with Gasteiger partial charge in [-0.25, -0.2) is 0 Å². The third kappa shape index (κ3) is 5.19. The maximum absolute atomic E-state index is 13.5. The number of nitrogens with two attached hydrogens (primary N) is 1. The minimum absolute atomic E-state index is 0.195. The van der Waals surface area contributed by atoms with Gasteiger partial charge in [0.1, 0.15) is 11.5 Å². The van der Waals surface area contributed by atoms with E-state index >= 15 is 0 Å². The summed E-state index contributed by atoms with van der Waals surface area (Å²) in [6, 6.07) is 9.37. The number of amidine groups is 1. The van der Waals surface area contributed by atoms with Crippen LogP contribution >= 0.6 is 0 Å². The van der Waals surface area contributed by atoms with Gasteiger partial charge in [0.2, 0.25) is 5.91 Å². The van der Waals surface area contributed by atoms with Crippen LogP contribution in [0, 0.1) is 16.2 Å². The maximum atomic E-state index is 13.5. The van der Waals surface area contributed by atoms with Gasteiger partial charge < -0.3 is 21.5 Å². The molecule has 188 valence electrons. The molecule has 3 unspecified atom stereocenters. The molecule has 1 heterocycles. The van der Waals surface area contributed by atoms with Crippen molar-refractivity contribution < 1.29 is 19.5 Å². The highest BCUT2D eigenvalue weighted by Gasteiger charge is 2.52. The maximum Gasteiger partial charge on any atom is 0.324 e. The molecule has 0 bridgehead atoms. The zero-order valence-electron chi connectivity index (χ0n) is 20.7. The van der Waals surface area contributed by atoms with Crippen LogP contribution in [-0.2, 0) is 9.59 Å². The highest BCUT2D eigenvalue weighted by atomic mass is 16.4. The van der Waals surface area contributed by atoms with Crippen LogP contribution in [0.3, 0.4) is 0 Å². The molecule has 1 aliphatic carbocycles. The van der Waals surface area contributed by atoms with Crippen molar-refractivity contribution in [3.05, 3.63) is 83.7 Å². The number of nitrogens with zero attached hydrogens (tertiary/aromatic N) is 1. The molecule has 9 nitrogen and oxygen atoms in total. The number of carbonyl (C=O) groups excluding carboxylic acids is 2. The fourth-order valence-corrected chi connectivity index (χ4v) is 3.84. The third-order valence-corrected chi connectivity index (χ3v) is 6.48. The Labute approximate surface area is 210 Å². The van der Waals surface area contributed by atoms with E-state index < -0.39 is 29.1 Å². The molecule has 0 fully saturated rings. The van der Waals surface area contributed by atoms with Crippen LogP contribution in [0.15, 0.2) is 66.9 Å². The summed E-state index contributed by atoms with van der Waals surface area (Å²) in [6.45, 7) is 7.70. The summed E-state index contributed by atoms with van der Waals surface area (Å²) >= 11 is 0. The highest BCUT2D eigenvalue weighted by Crippen LogP contribution is 2.43. The predicted molar refractivity (Wildman–Crippen MR) is 138 cm³/mol. The molecular weight excluding hydrogens is 458 g/mol. The number of hydrogen-bond acceptors (Lipinski definition) is 5. The Bertz CT molecular complexity index is 1240. The lowest BCUT2D eigenvalue weighted by atomic mass is 9.67. The molecule has 2 aromatic rings. The smallest absolute Gasteiger partial charge is 0.324 e. The number of carbonyl (C=O) groups is 3. The molecule has 1 aliphatic rings. The lowest BCUT2D eigenvalue weighted by molar-refractivity contribution is -0.153. The first kappa shape index (κ1) is 26.3. The number of carboxylic acids is 1. The fourth-order valence-electron chi connectivity index (χ4n) is 3.84. The highest BCUT2D eigenvalue weighted by molar-refractivity contribution is 6.08. The first-order chi connectivity index (χ1) is 16.9. The summed E-state index contributed by atoms with van der Waals surface area (Å²) in [5, 5.41) is 23.4. The second kappa shape index (κ2) is 10.2. The number of rotatable bonds is 7. The van der Waals surface area contributed by atoms with Gasteiger partial charge in [0.15, 0.2) is 5.41 Å². The number of amides is 2. The molecule has 36 heavy (non-hydrogen) atoms. The first-order valence-corrected chi connectivity index (χ1v) is 11.5. The van der Waals surface area contributed by atoms with Crippen molar-refractivity contribution >= 4 is 29.3 Å². The number of nitrogen functional groups attached to an aromatic ring is 1. The molecule has 1 aromatic carbocycles. The number of aromatic nitrogens is 1. The Kier molecular flexibility index (Phi) is 7.43. The number of anilines is 1. The standard InChI is InChI=1S/C27H31N5O4/c1-16(26(2,3)4)31-24(34)27(25(35)36)14-8-7-11-20(27)18-9-5-6-10-19(18)23(33)32-17-12-13-21(22(28)29)30-15-17/h5-16,20H,1-4H3,(H3,28,29)(H,31,34)(H,32,33)(H,35,36). The number of carboxylic acid groups (broad SMARTS) is 1. The van der Waals surface area contributed by atoms with Gasteiger partial charge >= 0.3 is 5.97 Å². The molecule has 2 amide bonds. The van der Waals surface area contributed by atoms with Gasteiger partial charge in [-0.1, -0.05) is 63.3 Å². The first-order valence-electron chi connectivity index (χ1n) is 11.5. The van der Waals surface area contributed by atoms with Crippen LogP contribution in [0.5, 0.6) is 0 Å². The van der Waals surface area contributed by atoms with Crippen molar-refractivity contribution in [3.8, 4) is 0 Å². The van der Waals surface area contributed by atoms with E-state index in [0.717, 1.165) is 0 Å². The molecule has 1 aromatic heterocycles. The van der Waals surface area contributed by atoms with Gasteiger partial charge in [-0.2, -0.15) is 0 Å². The van der Waals surface area contributed by atoms with Crippen LogP contribution in [-0.4, -0.2) is 39.8 Å². The Morgan fingerprint density at radius 2 is 1.83 bits per heavy atom. The van der Waals surface area contributed by atoms with E-state index in [0.29, 0.717) is 11.3 Å². The number of aliphatic carboxylic acids is 1. The quantitative estimate of drug-likeness (QED) is 0.228. The molecular formula is C27H31N5O4. The minimum atomic E-state index is -1.95. The van der Waals surface area contributed by atoms with Crippen molar-refractivity contribution in [1.82, 2.24) is 10.3 Å². The Balaban J connectivity index is 2.00. The second-order valence-corrected chi connectivity index (χ2v) is 9.84. The third-order valence-electron chi connectivity index (χ3n) is 6.48. The molecule has 6 N–H and O–H groups in total. The summed E-state index contributed by atoms with van der Waals surface area (Å²) < 4.78 is 0. The van der Waals surface area contributed by atoms with Crippen molar-refractivity contribution in [2.75, 3.05) is 5.32 Å². The second-order valence-electron chi connectivity index (χ2n) is 9.84. The van der Waals surface area contributed by atoms with Crippen molar-refractivity contribution in [2.45, 2.75) is 39.7 Å². The van der Waals surface area contributed by atoms with Crippen LogP contribution in [0.25, 0.3) is 0 Å².